The van der Waals surface area contributed by atoms with Gasteiger partial charge in [0.15, 0.2) is 5.69 Å². The molecule has 1 aliphatic carbocycles. The van der Waals surface area contributed by atoms with Gasteiger partial charge in [0.05, 0.1) is 16.3 Å². The summed E-state index contributed by atoms with van der Waals surface area (Å²) in [5.74, 6) is -0.314. The molecule has 2 N–H and O–H groups in total. The van der Waals surface area contributed by atoms with E-state index < -0.39 is 0 Å². The molecule has 0 bridgehead atoms. The number of carbonyl (C=O) groups excluding carboxylic acids is 1. The summed E-state index contributed by atoms with van der Waals surface area (Å²) in [5.41, 5.74) is 5.69. The number of fused-ring (bicyclic) bond motifs is 1. The number of nitrogens with zero attached hydrogens (tertiary/aromatic N) is 2. The standard InChI is InChI=1S/C14H12Cl2N4O/c15-10-5-4-8(6-11(10)16)7-17-20-14(21)13-9-2-1-3-12(9)18-19-13/h4-7H,1-3H2,(H,18,19)(H,20,21). The van der Waals surface area contributed by atoms with Crippen LogP contribution in [0.25, 0.3) is 0 Å². The Morgan fingerprint density at radius 2 is 2.19 bits per heavy atom. The predicted octanol–water partition coefficient (Wildman–Crippen LogP) is 2.97. The third kappa shape index (κ3) is 2.94. The Morgan fingerprint density at radius 1 is 1.33 bits per heavy atom. The lowest BCUT2D eigenvalue weighted by atomic mass is 10.2. The number of nitrogens with one attached hydrogen (secondary N) is 2. The number of H-pyrrole nitrogens is 1. The average molecular weight is 323 g/mol. The second kappa shape index (κ2) is 5.87. The highest BCUT2D eigenvalue weighted by molar-refractivity contribution is 6.42. The molecule has 3 rings (SSSR count). The summed E-state index contributed by atoms with van der Waals surface area (Å²) in [7, 11) is 0. The molecule has 0 radical (unpaired) electrons. The van der Waals surface area contributed by atoms with Crippen LogP contribution in [-0.2, 0) is 12.8 Å². The molecule has 0 atom stereocenters. The van der Waals surface area contributed by atoms with Gasteiger partial charge in [-0.25, -0.2) is 5.43 Å². The SMILES string of the molecule is O=C(NN=Cc1ccc(Cl)c(Cl)c1)c1n[nH]c2c1CCC2. The summed E-state index contributed by atoms with van der Waals surface area (Å²) >= 11 is 11.7. The fraction of sp³-hybridized carbons (Fsp3) is 0.214. The van der Waals surface area contributed by atoms with Crippen molar-refractivity contribution in [1.29, 1.82) is 0 Å². The Kier molecular flexibility index (Phi) is 3.94. The first-order valence-electron chi connectivity index (χ1n) is 6.49. The monoisotopic (exact) mass is 322 g/mol. The van der Waals surface area contributed by atoms with E-state index in [1.807, 2.05) is 0 Å². The molecule has 7 heteroatoms. The van der Waals surface area contributed by atoms with Gasteiger partial charge in [-0.15, -0.1) is 0 Å². The van der Waals surface area contributed by atoms with E-state index in [9.17, 15) is 4.79 Å². The van der Waals surface area contributed by atoms with Crippen molar-refractivity contribution in [3.8, 4) is 0 Å². The lowest BCUT2D eigenvalue weighted by Crippen LogP contribution is -2.19. The highest BCUT2D eigenvalue weighted by Crippen LogP contribution is 2.23. The van der Waals surface area contributed by atoms with Crippen molar-refractivity contribution >= 4 is 35.3 Å². The van der Waals surface area contributed by atoms with Gasteiger partial charge in [-0.2, -0.15) is 10.2 Å². The Balaban J connectivity index is 1.68. The van der Waals surface area contributed by atoms with Crippen LogP contribution in [0.3, 0.4) is 0 Å². The number of hydrogen-bond donors (Lipinski definition) is 2. The van der Waals surface area contributed by atoms with Crippen molar-refractivity contribution in [3.05, 3.63) is 50.8 Å². The molecule has 1 amide bonds. The molecule has 21 heavy (non-hydrogen) atoms. The van der Waals surface area contributed by atoms with Gasteiger partial charge >= 0.3 is 0 Å². The van der Waals surface area contributed by atoms with E-state index in [0.717, 1.165) is 36.1 Å². The van der Waals surface area contributed by atoms with Crippen LogP contribution >= 0.6 is 23.2 Å². The molecular weight excluding hydrogens is 311 g/mol. The number of hydrogen-bond acceptors (Lipinski definition) is 3. The smallest absolute Gasteiger partial charge is 0.281 e. The number of hydrazone groups is 1. The summed E-state index contributed by atoms with van der Waals surface area (Å²) in [5, 5.41) is 11.8. The molecule has 0 unspecified atom stereocenters. The van der Waals surface area contributed by atoms with Crippen LogP contribution in [0.4, 0.5) is 0 Å². The number of rotatable bonds is 3. The van der Waals surface area contributed by atoms with Crippen molar-refractivity contribution < 1.29 is 4.79 Å². The molecule has 1 aromatic carbocycles. The zero-order valence-corrected chi connectivity index (χ0v) is 12.5. The van der Waals surface area contributed by atoms with Crippen molar-refractivity contribution in [1.82, 2.24) is 15.6 Å². The minimum absolute atomic E-state index is 0.314. The summed E-state index contributed by atoms with van der Waals surface area (Å²) in [6.45, 7) is 0. The van der Waals surface area contributed by atoms with E-state index in [2.05, 4.69) is 20.7 Å². The Bertz CT molecular complexity index is 724. The van der Waals surface area contributed by atoms with Crippen LogP contribution in [-0.4, -0.2) is 22.3 Å². The summed E-state index contributed by atoms with van der Waals surface area (Å²) in [6, 6.07) is 5.11. The van der Waals surface area contributed by atoms with Crippen molar-refractivity contribution in [3.63, 3.8) is 0 Å². The molecule has 1 aliphatic rings. The highest BCUT2D eigenvalue weighted by Gasteiger charge is 2.22. The molecule has 108 valence electrons. The highest BCUT2D eigenvalue weighted by atomic mass is 35.5. The van der Waals surface area contributed by atoms with Gasteiger partial charge in [0.1, 0.15) is 0 Å². The van der Waals surface area contributed by atoms with E-state index in [-0.39, 0.29) is 5.91 Å². The maximum atomic E-state index is 12.0. The molecule has 0 saturated heterocycles. The lowest BCUT2D eigenvalue weighted by Gasteiger charge is -1.99. The predicted molar refractivity (Wildman–Crippen MR) is 82.1 cm³/mol. The van der Waals surface area contributed by atoms with Crippen molar-refractivity contribution in [2.45, 2.75) is 19.3 Å². The first-order valence-corrected chi connectivity index (χ1v) is 7.25. The van der Waals surface area contributed by atoms with Gasteiger partial charge in [-0.3, -0.25) is 9.89 Å². The lowest BCUT2D eigenvalue weighted by molar-refractivity contribution is 0.0949. The molecular formula is C14H12Cl2N4O. The van der Waals surface area contributed by atoms with Crippen molar-refractivity contribution in [2.24, 2.45) is 5.10 Å². The number of aromatic amines is 1. The molecule has 2 aromatic rings. The van der Waals surface area contributed by atoms with Gasteiger partial charge in [0, 0.05) is 11.3 Å². The quantitative estimate of drug-likeness (QED) is 0.673. The zero-order chi connectivity index (χ0) is 14.8. The fourth-order valence-electron chi connectivity index (χ4n) is 2.32. The number of amides is 1. The fourth-order valence-corrected chi connectivity index (χ4v) is 2.62. The molecule has 0 aliphatic heterocycles. The average Bonchev–Trinajstić information content (AvgIpc) is 3.05. The van der Waals surface area contributed by atoms with E-state index in [0.29, 0.717) is 15.7 Å². The Hall–Kier alpha value is -1.85. The summed E-state index contributed by atoms with van der Waals surface area (Å²) in [6.07, 6.45) is 4.39. The van der Waals surface area contributed by atoms with Crippen LogP contribution in [0.1, 0.15) is 33.7 Å². The molecule has 0 spiro atoms. The molecule has 1 heterocycles. The van der Waals surface area contributed by atoms with E-state index in [1.54, 1.807) is 18.2 Å². The maximum absolute atomic E-state index is 12.0. The summed E-state index contributed by atoms with van der Waals surface area (Å²) < 4.78 is 0. The van der Waals surface area contributed by atoms with Gasteiger partial charge in [-0.05, 0) is 37.0 Å². The Morgan fingerprint density at radius 3 is 3.00 bits per heavy atom. The summed E-state index contributed by atoms with van der Waals surface area (Å²) in [4.78, 5) is 12.0. The molecule has 0 saturated carbocycles. The van der Waals surface area contributed by atoms with E-state index >= 15 is 0 Å². The van der Waals surface area contributed by atoms with Crippen LogP contribution < -0.4 is 5.43 Å². The van der Waals surface area contributed by atoms with Crippen LogP contribution in [0.2, 0.25) is 10.0 Å². The number of carbonyl (C=O) groups is 1. The van der Waals surface area contributed by atoms with Crippen LogP contribution in [0.5, 0.6) is 0 Å². The molecule has 0 fully saturated rings. The Labute approximate surface area is 131 Å². The number of aryl methyl sites for hydroxylation is 1. The van der Waals surface area contributed by atoms with E-state index in [1.165, 1.54) is 6.21 Å². The van der Waals surface area contributed by atoms with E-state index in [4.69, 9.17) is 23.2 Å². The molecule has 1 aromatic heterocycles. The normalized spacial score (nSPS) is 13.6. The van der Waals surface area contributed by atoms with Crippen LogP contribution in [0, 0.1) is 0 Å². The van der Waals surface area contributed by atoms with Crippen LogP contribution in [0.15, 0.2) is 23.3 Å². The third-order valence-corrected chi connectivity index (χ3v) is 4.08. The van der Waals surface area contributed by atoms with Gasteiger partial charge in [0.25, 0.3) is 5.91 Å². The maximum Gasteiger partial charge on any atom is 0.292 e. The molecule has 5 nitrogen and oxygen atoms in total. The van der Waals surface area contributed by atoms with Gasteiger partial charge in [-0.1, -0.05) is 29.3 Å². The number of halogens is 2. The minimum Gasteiger partial charge on any atom is -0.281 e. The first kappa shape index (κ1) is 14.1. The number of aromatic nitrogens is 2. The minimum atomic E-state index is -0.314. The third-order valence-electron chi connectivity index (χ3n) is 3.34. The van der Waals surface area contributed by atoms with Gasteiger partial charge in [0.2, 0.25) is 0 Å². The number of benzene rings is 1. The second-order valence-electron chi connectivity index (χ2n) is 4.76. The van der Waals surface area contributed by atoms with Gasteiger partial charge < -0.3 is 0 Å². The largest absolute Gasteiger partial charge is 0.292 e. The zero-order valence-electron chi connectivity index (χ0n) is 11.0. The van der Waals surface area contributed by atoms with Crippen molar-refractivity contribution in [2.75, 3.05) is 0 Å². The topological polar surface area (TPSA) is 70.1 Å². The second-order valence-corrected chi connectivity index (χ2v) is 5.57. The first-order chi connectivity index (χ1) is 10.1.